The van der Waals surface area contributed by atoms with E-state index >= 15 is 0 Å². The van der Waals surface area contributed by atoms with Crippen LogP contribution in [0.2, 0.25) is 5.02 Å². The standard InChI is InChI=1S/C19H19ClN2O4/c1-11-4-7-17-16(8-11)22(10-12(2)26-17)19(24)21-15-9-13(20)5-6-14(15)18(23)25-3/h4-9,12H,10H2,1-3H3,(H,21,24). The Bertz CT molecular complexity index is 869. The number of benzene rings is 2. The molecule has 0 saturated carbocycles. The first-order valence-corrected chi connectivity index (χ1v) is 8.50. The molecule has 1 aliphatic heterocycles. The predicted octanol–water partition coefficient (Wildman–Crippen LogP) is 4.25. The highest BCUT2D eigenvalue weighted by Crippen LogP contribution is 2.35. The van der Waals surface area contributed by atoms with Crippen LogP contribution in [0.5, 0.6) is 5.75 Å². The summed E-state index contributed by atoms with van der Waals surface area (Å²) in [7, 11) is 1.28. The number of hydrogen-bond acceptors (Lipinski definition) is 4. The minimum atomic E-state index is -0.552. The van der Waals surface area contributed by atoms with Crippen LogP contribution in [0.1, 0.15) is 22.8 Å². The van der Waals surface area contributed by atoms with Crippen molar-refractivity contribution in [2.75, 3.05) is 23.9 Å². The minimum absolute atomic E-state index is 0.157. The molecular formula is C19H19ClN2O4. The Labute approximate surface area is 156 Å². The summed E-state index contributed by atoms with van der Waals surface area (Å²) in [5, 5.41) is 3.17. The first-order valence-electron chi connectivity index (χ1n) is 8.12. The molecule has 2 amide bonds. The second-order valence-electron chi connectivity index (χ2n) is 6.12. The second-order valence-corrected chi connectivity index (χ2v) is 6.56. The maximum atomic E-state index is 12.9. The highest BCUT2D eigenvalue weighted by atomic mass is 35.5. The van der Waals surface area contributed by atoms with Crippen molar-refractivity contribution < 1.29 is 19.1 Å². The summed E-state index contributed by atoms with van der Waals surface area (Å²) in [5.41, 5.74) is 2.22. The molecule has 0 bridgehead atoms. The van der Waals surface area contributed by atoms with Crippen LogP contribution in [0, 0.1) is 6.92 Å². The van der Waals surface area contributed by atoms with Crippen molar-refractivity contribution in [3.8, 4) is 5.75 Å². The lowest BCUT2D eigenvalue weighted by atomic mass is 10.1. The zero-order chi connectivity index (χ0) is 18.8. The zero-order valence-electron chi connectivity index (χ0n) is 14.7. The lowest BCUT2D eigenvalue weighted by Gasteiger charge is -2.33. The molecule has 2 aromatic rings. The molecule has 26 heavy (non-hydrogen) atoms. The van der Waals surface area contributed by atoms with E-state index in [1.807, 2.05) is 32.0 Å². The number of fused-ring (bicyclic) bond motifs is 1. The molecule has 0 radical (unpaired) electrons. The quantitative estimate of drug-likeness (QED) is 0.798. The maximum Gasteiger partial charge on any atom is 0.339 e. The summed E-state index contributed by atoms with van der Waals surface area (Å²) in [6.07, 6.45) is -0.157. The second kappa shape index (κ2) is 7.25. The van der Waals surface area contributed by atoms with Crippen LogP contribution in [0.25, 0.3) is 0 Å². The molecule has 0 fully saturated rings. The van der Waals surface area contributed by atoms with Gasteiger partial charge in [-0.05, 0) is 49.7 Å². The van der Waals surface area contributed by atoms with E-state index in [0.717, 1.165) is 5.56 Å². The van der Waals surface area contributed by atoms with Crippen LogP contribution in [0.15, 0.2) is 36.4 Å². The molecule has 0 spiro atoms. The molecule has 0 aromatic heterocycles. The smallest absolute Gasteiger partial charge is 0.339 e. The van der Waals surface area contributed by atoms with E-state index in [1.165, 1.54) is 19.2 Å². The first kappa shape index (κ1) is 18.1. The summed E-state index contributed by atoms with van der Waals surface area (Å²) in [5.74, 6) is 0.0901. The molecule has 1 aliphatic rings. The van der Waals surface area contributed by atoms with E-state index in [-0.39, 0.29) is 17.7 Å². The number of halogens is 1. The fourth-order valence-electron chi connectivity index (χ4n) is 2.83. The molecule has 1 heterocycles. The van der Waals surface area contributed by atoms with Gasteiger partial charge < -0.3 is 14.8 Å². The van der Waals surface area contributed by atoms with Gasteiger partial charge in [-0.25, -0.2) is 9.59 Å². The van der Waals surface area contributed by atoms with E-state index in [4.69, 9.17) is 21.1 Å². The van der Waals surface area contributed by atoms with Gasteiger partial charge in [-0.1, -0.05) is 17.7 Å². The van der Waals surface area contributed by atoms with Crippen molar-refractivity contribution in [2.45, 2.75) is 20.0 Å². The molecular weight excluding hydrogens is 356 g/mol. The average Bonchev–Trinajstić information content (AvgIpc) is 2.61. The van der Waals surface area contributed by atoms with Crippen LogP contribution in [-0.2, 0) is 4.74 Å². The van der Waals surface area contributed by atoms with Crippen molar-refractivity contribution in [3.63, 3.8) is 0 Å². The summed E-state index contributed by atoms with van der Waals surface area (Å²) >= 11 is 6.02. The molecule has 1 atom stereocenters. The van der Waals surface area contributed by atoms with Crippen molar-refractivity contribution in [1.29, 1.82) is 0 Å². The molecule has 1 N–H and O–H groups in total. The van der Waals surface area contributed by atoms with E-state index in [1.54, 1.807) is 11.0 Å². The molecule has 0 saturated heterocycles. The predicted molar refractivity (Wildman–Crippen MR) is 100 cm³/mol. The Kier molecular flexibility index (Phi) is 5.04. The molecule has 2 aromatic carbocycles. The van der Waals surface area contributed by atoms with Gasteiger partial charge >= 0.3 is 12.0 Å². The van der Waals surface area contributed by atoms with Gasteiger partial charge in [0.2, 0.25) is 0 Å². The fraction of sp³-hybridized carbons (Fsp3) is 0.263. The van der Waals surface area contributed by atoms with Gasteiger partial charge in [0.1, 0.15) is 11.9 Å². The van der Waals surface area contributed by atoms with Gasteiger partial charge in [-0.3, -0.25) is 4.90 Å². The number of esters is 1. The molecule has 0 aliphatic carbocycles. The van der Waals surface area contributed by atoms with E-state index < -0.39 is 5.97 Å². The summed E-state index contributed by atoms with van der Waals surface area (Å²) in [4.78, 5) is 26.5. The Morgan fingerprint density at radius 3 is 2.77 bits per heavy atom. The van der Waals surface area contributed by atoms with Gasteiger partial charge in [-0.15, -0.1) is 0 Å². The Morgan fingerprint density at radius 1 is 1.27 bits per heavy atom. The Balaban J connectivity index is 1.93. The monoisotopic (exact) mass is 374 g/mol. The average molecular weight is 375 g/mol. The number of amides is 2. The number of methoxy groups -OCH3 is 1. The number of ether oxygens (including phenoxy) is 2. The number of carbonyl (C=O) groups excluding carboxylic acids is 2. The van der Waals surface area contributed by atoms with E-state index in [9.17, 15) is 9.59 Å². The van der Waals surface area contributed by atoms with Gasteiger partial charge in [-0.2, -0.15) is 0 Å². The Morgan fingerprint density at radius 2 is 2.04 bits per heavy atom. The summed E-state index contributed by atoms with van der Waals surface area (Å²) < 4.78 is 10.6. The molecule has 136 valence electrons. The van der Waals surface area contributed by atoms with Crippen molar-refractivity contribution in [3.05, 3.63) is 52.5 Å². The fourth-order valence-corrected chi connectivity index (χ4v) is 3.00. The number of rotatable bonds is 2. The number of carbonyl (C=O) groups is 2. The largest absolute Gasteiger partial charge is 0.487 e. The van der Waals surface area contributed by atoms with Gasteiger partial charge in [0, 0.05) is 5.02 Å². The topological polar surface area (TPSA) is 67.9 Å². The van der Waals surface area contributed by atoms with Crippen molar-refractivity contribution >= 4 is 35.0 Å². The van der Waals surface area contributed by atoms with Crippen LogP contribution < -0.4 is 15.0 Å². The van der Waals surface area contributed by atoms with Crippen molar-refractivity contribution in [2.24, 2.45) is 0 Å². The third kappa shape index (κ3) is 3.60. The van der Waals surface area contributed by atoms with Crippen molar-refractivity contribution in [1.82, 2.24) is 0 Å². The SMILES string of the molecule is COC(=O)c1ccc(Cl)cc1NC(=O)N1CC(C)Oc2ccc(C)cc21. The number of nitrogens with zero attached hydrogens (tertiary/aromatic N) is 1. The van der Waals surface area contributed by atoms with Gasteiger partial charge in [0.25, 0.3) is 0 Å². The highest BCUT2D eigenvalue weighted by molar-refractivity contribution is 6.31. The highest BCUT2D eigenvalue weighted by Gasteiger charge is 2.28. The van der Waals surface area contributed by atoms with Gasteiger partial charge in [0.05, 0.1) is 30.6 Å². The third-order valence-corrected chi connectivity index (χ3v) is 4.28. The normalized spacial score (nSPS) is 15.7. The summed E-state index contributed by atoms with van der Waals surface area (Å²) in [6.45, 7) is 4.22. The molecule has 3 rings (SSSR count). The number of hydrogen-bond donors (Lipinski definition) is 1. The zero-order valence-corrected chi connectivity index (χ0v) is 15.5. The lowest BCUT2D eigenvalue weighted by Crippen LogP contribution is -2.44. The number of anilines is 2. The number of aryl methyl sites for hydroxylation is 1. The van der Waals surface area contributed by atoms with Crippen LogP contribution in [-0.4, -0.2) is 31.8 Å². The number of nitrogens with one attached hydrogen (secondary N) is 1. The Hall–Kier alpha value is -2.73. The first-order chi connectivity index (χ1) is 12.4. The van der Waals surface area contributed by atoms with Gasteiger partial charge in [0.15, 0.2) is 0 Å². The van der Waals surface area contributed by atoms with E-state index in [0.29, 0.717) is 28.7 Å². The lowest BCUT2D eigenvalue weighted by molar-refractivity contribution is 0.0602. The third-order valence-electron chi connectivity index (χ3n) is 4.05. The molecule has 6 nitrogen and oxygen atoms in total. The minimum Gasteiger partial charge on any atom is -0.487 e. The van der Waals surface area contributed by atoms with E-state index in [2.05, 4.69) is 5.32 Å². The maximum absolute atomic E-state index is 12.9. The van der Waals surface area contributed by atoms with Crippen LogP contribution in [0.4, 0.5) is 16.2 Å². The van der Waals surface area contributed by atoms with Crippen LogP contribution >= 0.6 is 11.6 Å². The number of urea groups is 1. The molecule has 1 unspecified atom stereocenters. The molecule has 7 heteroatoms. The van der Waals surface area contributed by atoms with Crippen LogP contribution in [0.3, 0.4) is 0 Å². The summed E-state index contributed by atoms with van der Waals surface area (Å²) in [6, 6.07) is 9.90.